The Kier molecular flexibility index (Phi) is 4.21. The molecule has 1 aliphatic carbocycles. The third-order valence-electron chi connectivity index (χ3n) is 2.20. The fraction of sp³-hybridized carbons (Fsp3) is 0.778. The monoisotopic (exact) mass is 268 g/mol. The van der Waals surface area contributed by atoms with Crippen LogP contribution in [0.5, 0.6) is 0 Å². The SMILES string of the molecule is CCOC(=O)N(C(N)=S)C(C)OC1CC1(F)F. The van der Waals surface area contributed by atoms with E-state index < -0.39 is 24.3 Å². The second-order valence-corrected chi connectivity index (χ2v) is 4.01. The van der Waals surface area contributed by atoms with Crippen molar-refractivity contribution in [2.45, 2.75) is 38.5 Å². The number of amides is 1. The van der Waals surface area contributed by atoms with Crippen LogP contribution in [0.4, 0.5) is 13.6 Å². The van der Waals surface area contributed by atoms with Crippen LogP contribution in [-0.2, 0) is 9.47 Å². The van der Waals surface area contributed by atoms with Crippen LogP contribution >= 0.6 is 12.2 Å². The number of halogens is 2. The molecule has 1 fully saturated rings. The molecule has 1 aliphatic rings. The second kappa shape index (κ2) is 5.09. The van der Waals surface area contributed by atoms with E-state index in [9.17, 15) is 13.6 Å². The third-order valence-corrected chi connectivity index (χ3v) is 2.39. The van der Waals surface area contributed by atoms with Gasteiger partial charge in [-0.15, -0.1) is 0 Å². The third kappa shape index (κ3) is 3.47. The summed E-state index contributed by atoms with van der Waals surface area (Å²) in [6.45, 7) is 3.14. The van der Waals surface area contributed by atoms with Gasteiger partial charge in [-0.05, 0) is 26.1 Å². The molecule has 0 spiro atoms. The first-order valence-corrected chi connectivity index (χ1v) is 5.49. The van der Waals surface area contributed by atoms with Crippen molar-refractivity contribution < 1.29 is 23.0 Å². The van der Waals surface area contributed by atoms with E-state index >= 15 is 0 Å². The van der Waals surface area contributed by atoms with E-state index in [-0.39, 0.29) is 18.1 Å². The molecule has 0 heterocycles. The molecule has 0 aromatic carbocycles. The quantitative estimate of drug-likeness (QED) is 0.617. The number of hydrogen-bond acceptors (Lipinski definition) is 4. The molecular weight excluding hydrogens is 254 g/mol. The van der Waals surface area contributed by atoms with Gasteiger partial charge in [0.05, 0.1) is 6.61 Å². The number of hydrogen-bond donors (Lipinski definition) is 1. The highest BCUT2D eigenvalue weighted by atomic mass is 32.1. The first kappa shape index (κ1) is 14.0. The zero-order valence-corrected chi connectivity index (χ0v) is 10.3. The average molecular weight is 268 g/mol. The van der Waals surface area contributed by atoms with Crippen LogP contribution in [0.1, 0.15) is 20.3 Å². The van der Waals surface area contributed by atoms with Gasteiger partial charge in [0.25, 0.3) is 5.92 Å². The highest BCUT2D eigenvalue weighted by Crippen LogP contribution is 2.45. The van der Waals surface area contributed by atoms with Gasteiger partial charge in [-0.1, -0.05) is 0 Å². The van der Waals surface area contributed by atoms with Crippen molar-refractivity contribution in [2.75, 3.05) is 6.61 Å². The van der Waals surface area contributed by atoms with Gasteiger partial charge in [-0.25, -0.2) is 18.5 Å². The molecule has 1 rings (SSSR count). The Morgan fingerprint density at radius 2 is 2.24 bits per heavy atom. The molecule has 0 aromatic heterocycles. The van der Waals surface area contributed by atoms with Crippen molar-refractivity contribution in [2.24, 2.45) is 5.73 Å². The van der Waals surface area contributed by atoms with Crippen LogP contribution in [0, 0.1) is 0 Å². The molecule has 2 unspecified atom stereocenters. The number of ether oxygens (including phenoxy) is 2. The molecule has 0 bridgehead atoms. The zero-order valence-electron chi connectivity index (χ0n) is 9.48. The van der Waals surface area contributed by atoms with Gasteiger partial charge in [0, 0.05) is 6.42 Å². The molecule has 0 aliphatic heterocycles. The molecule has 1 amide bonds. The van der Waals surface area contributed by atoms with E-state index in [1.165, 1.54) is 6.92 Å². The Labute approximate surface area is 103 Å². The van der Waals surface area contributed by atoms with Crippen LogP contribution in [0.25, 0.3) is 0 Å². The second-order valence-electron chi connectivity index (χ2n) is 3.60. The lowest BCUT2D eigenvalue weighted by Crippen LogP contribution is -2.48. The summed E-state index contributed by atoms with van der Waals surface area (Å²) >= 11 is 4.65. The first-order chi connectivity index (χ1) is 7.79. The number of rotatable bonds is 4. The van der Waals surface area contributed by atoms with Crippen LogP contribution < -0.4 is 5.73 Å². The predicted octanol–water partition coefficient (Wildman–Crippen LogP) is 1.46. The lowest BCUT2D eigenvalue weighted by molar-refractivity contribution is -0.0616. The molecule has 2 atom stereocenters. The normalized spacial score (nSPS) is 22.7. The van der Waals surface area contributed by atoms with E-state index in [0.29, 0.717) is 0 Å². The zero-order chi connectivity index (χ0) is 13.2. The minimum atomic E-state index is -2.83. The van der Waals surface area contributed by atoms with E-state index in [4.69, 9.17) is 15.2 Å². The van der Waals surface area contributed by atoms with E-state index in [1.807, 2.05) is 0 Å². The highest BCUT2D eigenvalue weighted by molar-refractivity contribution is 7.80. The number of carbonyl (C=O) groups excluding carboxylic acids is 1. The van der Waals surface area contributed by atoms with Crippen LogP contribution in [-0.4, -0.2) is 41.0 Å². The maximum absolute atomic E-state index is 12.6. The number of carbonyl (C=O) groups is 1. The van der Waals surface area contributed by atoms with Crippen molar-refractivity contribution in [3.63, 3.8) is 0 Å². The molecule has 2 N–H and O–H groups in total. The topological polar surface area (TPSA) is 64.8 Å². The minimum absolute atomic E-state index is 0.129. The van der Waals surface area contributed by atoms with E-state index in [2.05, 4.69) is 12.2 Å². The lowest BCUT2D eigenvalue weighted by atomic mass is 10.5. The molecule has 17 heavy (non-hydrogen) atoms. The van der Waals surface area contributed by atoms with E-state index in [1.54, 1.807) is 6.92 Å². The summed E-state index contributed by atoms with van der Waals surface area (Å²) in [5, 5.41) is -0.278. The van der Waals surface area contributed by atoms with Gasteiger partial charge < -0.3 is 15.2 Å². The molecular formula is C9H14F2N2O3S. The molecule has 1 saturated carbocycles. The molecule has 8 heteroatoms. The molecule has 0 saturated heterocycles. The van der Waals surface area contributed by atoms with Crippen molar-refractivity contribution in [3.05, 3.63) is 0 Å². The predicted molar refractivity (Wildman–Crippen MR) is 59.5 cm³/mol. The fourth-order valence-corrected chi connectivity index (χ4v) is 1.47. The summed E-state index contributed by atoms with van der Waals surface area (Å²) in [5.41, 5.74) is 5.32. The Balaban J connectivity index is 2.58. The van der Waals surface area contributed by atoms with Crippen molar-refractivity contribution in [1.82, 2.24) is 4.90 Å². The largest absolute Gasteiger partial charge is 0.449 e. The van der Waals surface area contributed by atoms with Crippen LogP contribution in [0.2, 0.25) is 0 Å². The molecule has 0 aromatic rings. The standard InChI is InChI=1S/C9H14F2N2O3S/c1-3-15-8(14)13(7(12)17)5(2)16-6-4-9(6,10)11/h5-6H,3-4H2,1-2H3,(H2,12,17). The molecule has 98 valence electrons. The summed E-state index contributed by atoms with van der Waals surface area (Å²) in [6.07, 6.45) is -3.34. The van der Waals surface area contributed by atoms with Crippen molar-refractivity contribution in [3.8, 4) is 0 Å². The Morgan fingerprint density at radius 1 is 1.71 bits per heavy atom. The van der Waals surface area contributed by atoms with Crippen molar-refractivity contribution in [1.29, 1.82) is 0 Å². The minimum Gasteiger partial charge on any atom is -0.449 e. The van der Waals surface area contributed by atoms with Gasteiger partial charge in [0.1, 0.15) is 12.3 Å². The molecule has 0 radical (unpaired) electrons. The van der Waals surface area contributed by atoms with Crippen LogP contribution in [0.15, 0.2) is 0 Å². The Hall–Kier alpha value is -1.02. The summed E-state index contributed by atoms with van der Waals surface area (Å²) in [4.78, 5) is 12.3. The van der Waals surface area contributed by atoms with Gasteiger partial charge in [0.2, 0.25) is 0 Å². The Morgan fingerprint density at radius 3 is 2.59 bits per heavy atom. The summed E-state index contributed by atoms with van der Waals surface area (Å²) < 4.78 is 35.0. The summed E-state index contributed by atoms with van der Waals surface area (Å²) in [7, 11) is 0. The highest BCUT2D eigenvalue weighted by Gasteiger charge is 2.59. The maximum atomic E-state index is 12.6. The first-order valence-electron chi connectivity index (χ1n) is 5.08. The average Bonchev–Trinajstić information content (AvgIpc) is 2.72. The Bertz CT molecular complexity index is 327. The number of alkyl halides is 2. The van der Waals surface area contributed by atoms with Gasteiger partial charge in [-0.2, -0.15) is 0 Å². The number of nitrogens with zero attached hydrogens (tertiary/aromatic N) is 1. The van der Waals surface area contributed by atoms with Crippen LogP contribution in [0.3, 0.4) is 0 Å². The number of thiocarbonyl (C=S) groups is 1. The van der Waals surface area contributed by atoms with Gasteiger partial charge in [-0.3, -0.25) is 0 Å². The number of nitrogens with two attached hydrogens (primary N) is 1. The summed E-state index contributed by atoms with van der Waals surface area (Å²) in [6, 6.07) is 0. The van der Waals surface area contributed by atoms with Gasteiger partial charge in [0.15, 0.2) is 5.11 Å². The smallest absolute Gasteiger partial charge is 0.418 e. The van der Waals surface area contributed by atoms with Gasteiger partial charge >= 0.3 is 6.09 Å². The maximum Gasteiger partial charge on any atom is 0.418 e. The lowest BCUT2D eigenvalue weighted by Gasteiger charge is -2.26. The molecule has 5 nitrogen and oxygen atoms in total. The fourth-order valence-electron chi connectivity index (χ4n) is 1.25. The van der Waals surface area contributed by atoms with Crippen molar-refractivity contribution >= 4 is 23.4 Å². The van der Waals surface area contributed by atoms with E-state index in [0.717, 1.165) is 4.90 Å². The summed E-state index contributed by atoms with van der Waals surface area (Å²) in [5.74, 6) is -2.83.